The quantitative estimate of drug-likeness (QED) is 0.322. The maximum atomic E-state index is 14.5. The van der Waals surface area contributed by atoms with E-state index in [-0.39, 0.29) is 16.5 Å². The molecule has 0 saturated carbocycles. The van der Waals surface area contributed by atoms with Crippen molar-refractivity contribution < 1.29 is 28.3 Å². The summed E-state index contributed by atoms with van der Waals surface area (Å²) in [6.45, 7) is 2.77. The molecular formula is C19H18ClFN2O5. The first-order valence-electron chi connectivity index (χ1n) is 8.73. The normalized spacial score (nSPS) is 16.2. The molecule has 1 heterocycles. The molecule has 1 aromatic rings. The molecule has 1 aliphatic carbocycles. The number of hydrogen-bond donors (Lipinski definition) is 0. The topological polar surface area (TPSA) is 85.3 Å². The smallest absolute Gasteiger partial charge is 0.372 e. The van der Waals surface area contributed by atoms with Gasteiger partial charge in [-0.15, -0.1) is 0 Å². The Kier molecular flexibility index (Phi) is 5.79. The number of anilines is 1. The van der Waals surface area contributed by atoms with E-state index in [0.717, 1.165) is 29.9 Å². The van der Waals surface area contributed by atoms with Crippen molar-refractivity contribution in [2.24, 2.45) is 5.16 Å². The van der Waals surface area contributed by atoms with E-state index in [9.17, 15) is 18.8 Å². The summed E-state index contributed by atoms with van der Waals surface area (Å²) in [5, 5.41) is 3.40. The van der Waals surface area contributed by atoms with Gasteiger partial charge in [-0.2, -0.15) is 0 Å². The lowest BCUT2D eigenvalue weighted by Gasteiger charge is -2.18. The lowest BCUT2D eigenvalue weighted by molar-refractivity contribution is -0.146. The van der Waals surface area contributed by atoms with E-state index in [0.29, 0.717) is 29.7 Å². The average Bonchev–Trinajstić information content (AvgIpc) is 2.91. The largest absolute Gasteiger partial charge is 0.480 e. The second-order valence-corrected chi connectivity index (χ2v) is 7.04. The molecule has 1 aliphatic heterocycles. The molecule has 7 nitrogen and oxygen atoms in total. The zero-order chi connectivity index (χ0) is 20.4. The molecule has 3 rings (SSSR count). The van der Waals surface area contributed by atoms with Crippen molar-refractivity contribution in [1.82, 2.24) is 0 Å². The van der Waals surface area contributed by atoms with Gasteiger partial charge in [0, 0.05) is 17.2 Å². The number of oxime groups is 1. The third-order valence-corrected chi connectivity index (χ3v) is 4.60. The molecule has 0 aromatic heterocycles. The summed E-state index contributed by atoms with van der Waals surface area (Å²) >= 11 is 5.97. The Morgan fingerprint density at radius 1 is 1.18 bits per heavy atom. The summed E-state index contributed by atoms with van der Waals surface area (Å²) in [6.07, 6.45) is 2.62. The number of ether oxygens (including phenoxy) is 1. The Bertz CT molecular complexity index is 893. The molecule has 0 fully saturated rings. The van der Waals surface area contributed by atoms with Gasteiger partial charge in [-0.1, -0.05) is 16.8 Å². The van der Waals surface area contributed by atoms with Crippen molar-refractivity contribution in [3.8, 4) is 5.75 Å². The lowest BCUT2D eigenvalue weighted by atomic mass is 9.93. The van der Waals surface area contributed by atoms with Crippen LogP contribution in [-0.2, 0) is 19.2 Å². The molecule has 2 aliphatic rings. The van der Waals surface area contributed by atoms with Crippen LogP contribution in [0.15, 0.2) is 28.4 Å². The number of halogens is 2. The zero-order valence-corrected chi connectivity index (χ0v) is 16.1. The first-order valence-corrected chi connectivity index (χ1v) is 9.11. The maximum absolute atomic E-state index is 14.5. The minimum atomic E-state index is -0.840. The SMILES string of the molecule is CC(C)=NOC(=O)COc1cc(N2C(=O)C3=C(CCCC3)C2=O)c(F)cc1Cl. The number of carbonyl (C=O) groups is 3. The molecule has 1 aromatic carbocycles. The van der Waals surface area contributed by atoms with Gasteiger partial charge in [-0.25, -0.2) is 14.1 Å². The van der Waals surface area contributed by atoms with Crippen molar-refractivity contribution in [3.05, 3.63) is 34.1 Å². The Morgan fingerprint density at radius 3 is 2.36 bits per heavy atom. The van der Waals surface area contributed by atoms with Crippen LogP contribution in [-0.4, -0.2) is 30.1 Å². The average molecular weight is 409 g/mol. The van der Waals surface area contributed by atoms with Gasteiger partial charge in [-0.3, -0.25) is 9.59 Å². The number of nitrogens with zero attached hydrogens (tertiary/aromatic N) is 2. The van der Waals surface area contributed by atoms with Crippen molar-refractivity contribution in [2.75, 3.05) is 11.5 Å². The molecule has 0 bridgehead atoms. The molecule has 28 heavy (non-hydrogen) atoms. The van der Waals surface area contributed by atoms with Gasteiger partial charge in [0.15, 0.2) is 6.61 Å². The standard InChI is InChI=1S/C19H18ClFN2O5/c1-10(2)22-28-17(24)9-27-16-8-15(14(21)7-13(16)20)23-18(25)11-5-3-4-6-12(11)19(23)26/h7-8H,3-6,9H2,1-2H3. The number of imide groups is 1. The van der Waals surface area contributed by atoms with Gasteiger partial charge < -0.3 is 9.57 Å². The van der Waals surface area contributed by atoms with Gasteiger partial charge in [0.05, 0.1) is 16.4 Å². The van der Waals surface area contributed by atoms with Crippen LogP contribution in [0.2, 0.25) is 5.02 Å². The van der Waals surface area contributed by atoms with E-state index in [1.54, 1.807) is 13.8 Å². The molecule has 148 valence electrons. The third kappa shape index (κ3) is 3.91. The highest BCUT2D eigenvalue weighted by molar-refractivity contribution is 6.34. The first-order chi connectivity index (χ1) is 13.3. The highest BCUT2D eigenvalue weighted by atomic mass is 35.5. The predicted octanol–water partition coefficient (Wildman–Crippen LogP) is 3.54. The van der Waals surface area contributed by atoms with E-state index >= 15 is 0 Å². The minimum Gasteiger partial charge on any atom is -0.480 e. The summed E-state index contributed by atoms with van der Waals surface area (Å²) in [4.78, 5) is 42.3. The molecule has 9 heteroatoms. The molecule has 0 N–H and O–H groups in total. The van der Waals surface area contributed by atoms with Crippen LogP contribution in [0.5, 0.6) is 5.75 Å². The Balaban J connectivity index is 1.82. The Labute approximate surface area is 165 Å². The second-order valence-electron chi connectivity index (χ2n) is 6.63. The zero-order valence-electron chi connectivity index (χ0n) is 15.4. The van der Waals surface area contributed by atoms with Gasteiger partial charge >= 0.3 is 5.97 Å². The molecule has 0 unspecified atom stereocenters. The second kappa shape index (κ2) is 8.10. The first kappa shape index (κ1) is 20.0. The maximum Gasteiger partial charge on any atom is 0.372 e. The Morgan fingerprint density at radius 2 is 1.79 bits per heavy atom. The minimum absolute atomic E-state index is 0.0577. The van der Waals surface area contributed by atoms with Gasteiger partial charge in [0.1, 0.15) is 11.6 Å². The van der Waals surface area contributed by atoms with E-state index in [1.165, 1.54) is 0 Å². The van der Waals surface area contributed by atoms with Crippen molar-refractivity contribution in [1.29, 1.82) is 0 Å². The number of rotatable bonds is 5. The summed E-state index contributed by atoms with van der Waals surface area (Å²) in [5.41, 5.74) is 1.14. The van der Waals surface area contributed by atoms with E-state index in [1.807, 2.05) is 0 Å². The summed E-state index contributed by atoms with van der Waals surface area (Å²) < 4.78 is 19.8. The highest BCUT2D eigenvalue weighted by Crippen LogP contribution is 2.39. The fourth-order valence-electron chi connectivity index (χ4n) is 3.06. The van der Waals surface area contributed by atoms with Crippen LogP contribution in [0.25, 0.3) is 0 Å². The summed E-state index contributed by atoms with van der Waals surface area (Å²) in [6, 6.07) is 2.07. The van der Waals surface area contributed by atoms with E-state index < -0.39 is 30.2 Å². The van der Waals surface area contributed by atoms with E-state index in [4.69, 9.17) is 16.3 Å². The molecule has 2 amide bonds. The van der Waals surface area contributed by atoms with Crippen LogP contribution in [0.1, 0.15) is 39.5 Å². The fraction of sp³-hybridized carbons (Fsp3) is 0.368. The van der Waals surface area contributed by atoms with Crippen LogP contribution in [0.3, 0.4) is 0 Å². The van der Waals surface area contributed by atoms with Crippen molar-refractivity contribution in [3.63, 3.8) is 0 Å². The Hall–Kier alpha value is -2.74. The van der Waals surface area contributed by atoms with Crippen molar-refractivity contribution >= 4 is 40.8 Å². The molecule has 0 saturated heterocycles. The molecule has 0 spiro atoms. The van der Waals surface area contributed by atoms with Gasteiger partial charge in [0.2, 0.25) is 0 Å². The van der Waals surface area contributed by atoms with Crippen LogP contribution in [0.4, 0.5) is 10.1 Å². The third-order valence-electron chi connectivity index (χ3n) is 4.31. The lowest BCUT2D eigenvalue weighted by Crippen LogP contribution is -2.32. The number of carbonyl (C=O) groups excluding carboxylic acids is 3. The number of hydrogen-bond acceptors (Lipinski definition) is 6. The van der Waals surface area contributed by atoms with Gasteiger partial charge in [-0.05, 0) is 45.6 Å². The summed E-state index contributed by atoms with van der Waals surface area (Å²) in [5.74, 6) is -2.74. The van der Waals surface area contributed by atoms with E-state index in [2.05, 4.69) is 9.99 Å². The van der Waals surface area contributed by atoms with Gasteiger partial charge in [0.25, 0.3) is 11.8 Å². The molecular weight excluding hydrogens is 391 g/mol. The summed E-state index contributed by atoms with van der Waals surface area (Å²) in [7, 11) is 0. The van der Waals surface area contributed by atoms with Crippen molar-refractivity contribution in [2.45, 2.75) is 39.5 Å². The number of benzene rings is 1. The predicted molar refractivity (Wildman–Crippen MR) is 99.8 cm³/mol. The molecule has 0 atom stereocenters. The van der Waals surface area contributed by atoms with Crippen LogP contribution >= 0.6 is 11.6 Å². The number of amides is 2. The van der Waals surface area contributed by atoms with Crippen LogP contribution < -0.4 is 9.64 Å². The molecule has 0 radical (unpaired) electrons. The highest BCUT2D eigenvalue weighted by Gasteiger charge is 2.41. The van der Waals surface area contributed by atoms with Crippen LogP contribution in [0, 0.1) is 5.82 Å². The monoisotopic (exact) mass is 408 g/mol. The fourth-order valence-corrected chi connectivity index (χ4v) is 3.27.